The number of aryl methyl sites for hydroxylation is 1. The Morgan fingerprint density at radius 1 is 1.08 bits per heavy atom. The van der Waals surface area contributed by atoms with Gasteiger partial charge in [0.05, 0.1) is 4.90 Å². The topological polar surface area (TPSA) is 83.5 Å². The molecule has 2 aromatic rings. The average molecular weight is 359 g/mol. The van der Waals surface area contributed by atoms with Gasteiger partial charge in [-0.15, -0.1) is 0 Å². The summed E-state index contributed by atoms with van der Waals surface area (Å²) in [5, 5.41) is 8.72. The number of benzene rings is 2. The molecular formula is C19H21NO4S. The van der Waals surface area contributed by atoms with E-state index in [4.69, 9.17) is 5.11 Å². The van der Waals surface area contributed by atoms with E-state index in [1.165, 1.54) is 0 Å². The highest BCUT2D eigenvalue weighted by molar-refractivity contribution is 7.89. The molecule has 1 atom stereocenters. The first-order chi connectivity index (χ1) is 11.9. The molecule has 0 amide bonds. The van der Waals surface area contributed by atoms with Crippen LogP contribution in [0.15, 0.2) is 53.4 Å². The van der Waals surface area contributed by atoms with Crippen molar-refractivity contribution in [3.8, 4) is 0 Å². The van der Waals surface area contributed by atoms with Crippen LogP contribution in [-0.4, -0.2) is 25.5 Å². The van der Waals surface area contributed by atoms with Gasteiger partial charge in [0.25, 0.3) is 0 Å². The molecule has 0 heterocycles. The van der Waals surface area contributed by atoms with E-state index >= 15 is 0 Å². The number of carboxylic acids is 1. The van der Waals surface area contributed by atoms with E-state index in [9.17, 15) is 13.2 Å². The summed E-state index contributed by atoms with van der Waals surface area (Å²) in [7, 11) is -3.51. The second-order valence-electron chi connectivity index (χ2n) is 6.39. The number of fused-ring (bicyclic) bond motifs is 1. The lowest BCUT2D eigenvalue weighted by Gasteiger charge is -2.12. The second kappa shape index (κ2) is 7.37. The van der Waals surface area contributed by atoms with Crippen LogP contribution in [0, 0.1) is 0 Å². The van der Waals surface area contributed by atoms with E-state index in [-0.39, 0.29) is 17.4 Å². The first-order valence-electron chi connectivity index (χ1n) is 8.34. The molecule has 0 spiro atoms. The van der Waals surface area contributed by atoms with Gasteiger partial charge in [-0.25, -0.2) is 13.1 Å². The smallest absolute Gasteiger partial charge is 0.303 e. The van der Waals surface area contributed by atoms with Gasteiger partial charge in [-0.3, -0.25) is 4.79 Å². The molecule has 0 aromatic heterocycles. The van der Waals surface area contributed by atoms with Gasteiger partial charge >= 0.3 is 5.97 Å². The maximum absolute atomic E-state index is 12.4. The van der Waals surface area contributed by atoms with E-state index in [1.54, 1.807) is 30.3 Å². The molecule has 1 aliphatic carbocycles. The molecule has 2 N–H and O–H groups in total. The number of hydrogen-bond acceptors (Lipinski definition) is 3. The second-order valence-corrected chi connectivity index (χ2v) is 8.10. The third kappa shape index (κ3) is 4.46. The summed E-state index contributed by atoms with van der Waals surface area (Å²) in [5.74, 6) is -0.781. The lowest BCUT2D eigenvalue weighted by Crippen LogP contribution is -2.35. The first-order valence-corrected chi connectivity index (χ1v) is 9.82. The van der Waals surface area contributed by atoms with Gasteiger partial charge in [0.15, 0.2) is 0 Å². The Bertz CT molecular complexity index is 862. The minimum absolute atomic E-state index is 0.144. The van der Waals surface area contributed by atoms with E-state index in [1.807, 2.05) is 12.1 Å². The van der Waals surface area contributed by atoms with Crippen LogP contribution in [0.1, 0.15) is 29.5 Å². The van der Waals surface area contributed by atoms with Crippen molar-refractivity contribution in [3.05, 3.63) is 65.2 Å². The van der Waals surface area contributed by atoms with E-state index < -0.39 is 16.0 Å². The normalized spacial score (nSPS) is 16.6. The highest BCUT2D eigenvalue weighted by Crippen LogP contribution is 2.25. The Kier molecular flexibility index (Phi) is 5.20. The molecule has 0 aliphatic heterocycles. The van der Waals surface area contributed by atoms with Crippen molar-refractivity contribution in [3.63, 3.8) is 0 Å². The summed E-state index contributed by atoms with van der Waals surface area (Å²) in [6.45, 7) is 0. The molecule has 25 heavy (non-hydrogen) atoms. The van der Waals surface area contributed by atoms with Crippen molar-refractivity contribution in [2.75, 3.05) is 0 Å². The first kappa shape index (κ1) is 17.6. The standard InChI is InChI=1S/C19H21NO4S/c21-19(22)8-4-5-14-9-10-15-12-17(13-16(15)11-14)20-25(23,24)18-6-2-1-3-7-18/h1-3,6-7,9-11,17,20H,4-5,8,12-13H2,(H,21,22). The molecule has 0 fully saturated rings. The van der Waals surface area contributed by atoms with Crippen molar-refractivity contribution >= 4 is 16.0 Å². The molecule has 0 radical (unpaired) electrons. The predicted octanol–water partition coefficient (Wildman–Crippen LogP) is 2.54. The van der Waals surface area contributed by atoms with E-state index in [2.05, 4.69) is 10.8 Å². The summed E-state index contributed by atoms with van der Waals surface area (Å²) in [4.78, 5) is 10.9. The quantitative estimate of drug-likeness (QED) is 0.796. The van der Waals surface area contributed by atoms with Crippen LogP contribution < -0.4 is 4.72 Å². The number of sulfonamides is 1. The monoisotopic (exact) mass is 359 g/mol. The molecule has 3 rings (SSSR count). The maximum Gasteiger partial charge on any atom is 0.303 e. The number of carboxylic acid groups (broad SMARTS) is 1. The molecule has 6 heteroatoms. The Balaban J connectivity index is 1.64. The predicted molar refractivity (Wildman–Crippen MR) is 95.0 cm³/mol. The lowest BCUT2D eigenvalue weighted by atomic mass is 10.0. The van der Waals surface area contributed by atoms with Crippen molar-refractivity contribution in [1.82, 2.24) is 4.72 Å². The van der Waals surface area contributed by atoms with Gasteiger partial charge in [0.1, 0.15) is 0 Å². The summed E-state index contributed by atoms with van der Waals surface area (Å²) in [6.07, 6.45) is 2.83. The lowest BCUT2D eigenvalue weighted by molar-refractivity contribution is -0.137. The highest BCUT2D eigenvalue weighted by Gasteiger charge is 2.26. The molecule has 132 valence electrons. The number of aliphatic carboxylic acids is 1. The van der Waals surface area contributed by atoms with E-state index in [0.29, 0.717) is 19.3 Å². The molecule has 0 bridgehead atoms. The third-order valence-electron chi connectivity index (χ3n) is 4.43. The fourth-order valence-corrected chi connectivity index (χ4v) is 4.50. The fraction of sp³-hybridized carbons (Fsp3) is 0.316. The van der Waals surface area contributed by atoms with Gasteiger partial charge < -0.3 is 5.11 Å². The summed E-state index contributed by atoms with van der Waals surface area (Å²) < 4.78 is 27.7. The number of carbonyl (C=O) groups is 1. The van der Waals surface area contributed by atoms with E-state index in [0.717, 1.165) is 23.1 Å². The summed E-state index contributed by atoms with van der Waals surface area (Å²) in [6, 6.07) is 14.4. The summed E-state index contributed by atoms with van der Waals surface area (Å²) >= 11 is 0. The van der Waals surface area contributed by atoms with Crippen LogP contribution in [0.2, 0.25) is 0 Å². The Morgan fingerprint density at radius 3 is 2.52 bits per heavy atom. The molecule has 1 aliphatic rings. The minimum Gasteiger partial charge on any atom is -0.481 e. The molecule has 2 aromatic carbocycles. The van der Waals surface area contributed by atoms with Crippen LogP contribution in [0.4, 0.5) is 0 Å². The Hall–Kier alpha value is -2.18. The van der Waals surface area contributed by atoms with Gasteiger partial charge in [-0.05, 0) is 54.5 Å². The third-order valence-corrected chi connectivity index (χ3v) is 5.97. The maximum atomic E-state index is 12.4. The van der Waals surface area contributed by atoms with Crippen LogP contribution in [0.3, 0.4) is 0 Å². The fourth-order valence-electron chi connectivity index (χ4n) is 3.24. The zero-order chi connectivity index (χ0) is 17.9. The number of nitrogens with one attached hydrogen (secondary N) is 1. The van der Waals surface area contributed by atoms with Crippen LogP contribution in [-0.2, 0) is 34.1 Å². The highest BCUT2D eigenvalue weighted by atomic mass is 32.2. The van der Waals surface area contributed by atoms with Crippen molar-refractivity contribution in [2.45, 2.75) is 43.0 Å². The SMILES string of the molecule is O=C(O)CCCc1ccc2c(c1)CC(NS(=O)(=O)c1ccccc1)C2. The zero-order valence-electron chi connectivity index (χ0n) is 13.8. The molecule has 5 nitrogen and oxygen atoms in total. The van der Waals surface area contributed by atoms with Gasteiger partial charge in [-0.2, -0.15) is 0 Å². The van der Waals surface area contributed by atoms with Crippen molar-refractivity contribution < 1.29 is 18.3 Å². The molecule has 1 unspecified atom stereocenters. The molecule has 0 saturated heterocycles. The number of hydrogen-bond donors (Lipinski definition) is 2. The van der Waals surface area contributed by atoms with Gasteiger partial charge in [-0.1, -0.05) is 36.4 Å². The molecule has 0 saturated carbocycles. The molecular weight excluding hydrogens is 338 g/mol. The number of rotatable bonds is 7. The van der Waals surface area contributed by atoms with Gasteiger partial charge in [0.2, 0.25) is 10.0 Å². The zero-order valence-corrected chi connectivity index (χ0v) is 14.6. The Labute approximate surface area is 147 Å². The largest absolute Gasteiger partial charge is 0.481 e. The Morgan fingerprint density at radius 2 is 1.80 bits per heavy atom. The van der Waals surface area contributed by atoms with Crippen LogP contribution in [0.5, 0.6) is 0 Å². The minimum atomic E-state index is -3.51. The van der Waals surface area contributed by atoms with Crippen LogP contribution >= 0.6 is 0 Å². The van der Waals surface area contributed by atoms with Crippen molar-refractivity contribution in [1.29, 1.82) is 0 Å². The summed E-state index contributed by atoms with van der Waals surface area (Å²) in [5.41, 5.74) is 3.41. The van der Waals surface area contributed by atoms with Crippen molar-refractivity contribution in [2.24, 2.45) is 0 Å². The van der Waals surface area contributed by atoms with Gasteiger partial charge in [0, 0.05) is 12.5 Å². The van der Waals surface area contributed by atoms with Crippen LogP contribution in [0.25, 0.3) is 0 Å². The average Bonchev–Trinajstić information content (AvgIpc) is 2.96.